The standard InChI is InChI=1S/C12H18N2O2/c1-9-6-10(7-12(15)14(9)2)13-8-11-4-3-5-16-11/h6-7,11,13H,3-5,8H2,1-2H3/t11-/m0/s1. The van der Waals surface area contributed by atoms with Crippen molar-refractivity contribution in [3.05, 3.63) is 28.2 Å². The fourth-order valence-electron chi connectivity index (χ4n) is 1.91. The summed E-state index contributed by atoms with van der Waals surface area (Å²) in [4.78, 5) is 11.5. The maximum atomic E-state index is 11.5. The lowest BCUT2D eigenvalue weighted by Crippen LogP contribution is -2.22. The lowest BCUT2D eigenvalue weighted by Gasteiger charge is -2.13. The quantitative estimate of drug-likeness (QED) is 0.838. The molecule has 0 bridgehead atoms. The van der Waals surface area contributed by atoms with Gasteiger partial charge in [0.25, 0.3) is 5.56 Å². The molecule has 0 saturated carbocycles. The third-order valence-corrected chi connectivity index (χ3v) is 3.06. The van der Waals surface area contributed by atoms with Gasteiger partial charge in [0, 0.05) is 37.6 Å². The highest BCUT2D eigenvalue weighted by atomic mass is 16.5. The minimum Gasteiger partial charge on any atom is -0.382 e. The molecule has 4 heteroatoms. The van der Waals surface area contributed by atoms with Gasteiger partial charge in [0.2, 0.25) is 0 Å². The fourth-order valence-corrected chi connectivity index (χ4v) is 1.91. The van der Waals surface area contributed by atoms with Gasteiger partial charge in [0.05, 0.1) is 6.10 Å². The Morgan fingerprint density at radius 1 is 1.56 bits per heavy atom. The molecule has 2 rings (SSSR count). The van der Waals surface area contributed by atoms with Gasteiger partial charge < -0.3 is 14.6 Å². The number of rotatable bonds is 3. The summed E-state index contributed by atoms with van der Waals surface area (Å²) in [5.41, 5.74) is 1.87. The van der Waals surface area contributed by atoms with E-state index in [1.807, 2.05) is 13.0 Å². The topological polar surface area (TPSA) is 43.3 Å². The second kappa shape index (κ2) is 4.70. The van der Waals surface area contributed by atoms with Crippen LogP contribution in [0.4, 0.5) is 5.69 Å². The highest BCUT2D eigenvalue weighted by Gasteiger charge is 2.14. The van der Waals surface area contributed by atoms with E-state index in [9.17, 15) is 4.79 Å². The number of anilines is 1. The second-order valence-corrected chi connectivity index (χ2v) is 4.30. The van der Waals surface area contributed by atoms with Crippen molar-refractivity contribution in [3.63, 3.8) is 0 Å². The van der Waals surface area contributed by atoms with Crippen LogP contribution in [0.5, 0.6) is 0 Å². The summed E-state index contributed by atoms with van der Waals surface area (Å²) in [5, 5.41) is 3.26. The van der Waals surface area contributed by atoms with Gasteiger partial charge in [0.15, 0.2) is 0 Å². The zero-order valence-electron chi connectivity index (χ0n) is 9.82. The Hall–Kier alpha value is -1.29. The molecule has 1 fully saturated rings. The van der Waals surface area contributed by atoms with Crippen molar-refractivity contribution >= 4 is 5.69 Å². The van der Waals surface area contributed by atoms with Crippen LogP contribution in [0.15, 0.2) is 16.9 Å². The molecule has 4 nitrogen and oxygen atoms in total. The first kappa shape index (κ1) is 11.2. The van der Waals surface area contributed by atoms with E-state index in [0.717, 1.165) is 37.4 Å². The summed E-state index contributed by atoms with van der Waals surface area (Å²) in [6.07, 6.45) is 2.54. The van der Waals surface area contributed by atoms with E-state index >= 15 is 0 Å². The highest BCUT2D eigenvalue weighted by molar-refractivity contribution is 5.43. The molecule has 0 unspecified atom stereocenters. The molecule has 1 atom stereocenters. The van der Waals surface area contributed by atoms with E-state index in [4.69, 9.17) is 4.74 Å². The van der Waals surface area contributed by atoms with Crippen LogP contribution in [0, 0.1) is 6.92 Å². The van der Waals surface area contributed by atoms with Crippen LogP contribution < -0.4 is 10.9 Å². The largest absolute Gasteiger partial charge is 0.382 e. The Morgan fingerprint density at radius 2 is 2.38 bits per heavy atom. The van der Waals surface area contributed by atoms with E-state index in [1.165, 1.54) is 0 Å². The van der Waals surface area contributed by atoms with E-state index in [0.29, 0.717) is 6.10 Å². The number of hydrogen-bond donors (Lipinski definition) is 1. The minimum absolute atomic E-state index is 0.0230. The number of pyridine rings is 1. The lowest BCUT2D eigenvalue weighted by atomic mass is 10.2. The van der Waals surface area contributed by atoms with Crippen molar-refractivity contribution in [2.45, 2.75) is 25.9 Å². The van der Waals surface area contributed by atoms with Gasteiger partial charge >= 0.3 is 0 Å². The van der Waals surface area contributed by atoms with Crippen LogP contribution in [0.3, 0.4) is 0 Å². The SMILES string of the molecule is Cc1cc(NC[C@@H]2CCCO2)cc(=O)n1C. The second-order valence-electron chi connectivity index (χ2n) is 4.30. The van der Waals surface area contributed by atoms with Gasteiger partial charge in [-0.25, -0.2) is 0 Å². The Labute approximate surface area is 95.2 Å². The maximum Gasteiger partial charge on any atom is 0.252 e. The summed E-state index contributed by atoms with van der Waals surface area (Å²) in [6.45, 7) is 3.58. The summed E-state index contributed by atoms with van der Waals surface area (Å²) in [5.74, 6) is 0. The minimum atomic E-state index is 0.0230. The van der Waals surface area contributed by atoms with Gasteiger partial charge in [-0.3, -0.25) is 4.79 Å². The smallest absolute Gasteiger partial charge is 0.252 e. The van der Waals surface area contributed by atoms with E-state index < -0.39 is 0 Å². The summed E-state index contributed by atoms with van der Waals surface area (Å²) < 4.78 is 7.15. The maximum absolute atomic E-state index is 11.5. The zero-order valence-corrected chi connectivity index (χ0v) is 9.82. The van der Waals surface area contributed by atoms with Crippen molar-refractivity contribution in [2.75, 3.05) is 18.5 Å². The van der Waals surface area contributed by atoms with Crippen LogP contribution in [-0.2, 0) is 11.8 Å². The normalized spacial score (nSPS) is 20.0. The van der Waals surface area contributed by atoms with E-state index in [2.05, 4.69) is 5.32 Å². The fraction of sp³-hybridized carbons (Fsp3) is 0.583. The molecule has 1 aliphatic rings. The molecule has 1 aliphatic heterocycles. The third-order valence-electron chi connectivity index (χ3n) is 3.06. The number of nitrogens with zero attached hydrogens (tertiary/aromatic N) is 1. The summed E-state index contributed by atoms with van der Waals surface area (Å²) >= 11 is 0. The van der Waals surface area contributed by atoms with Gasteiger partial charge in [-0.1, -0.05) is 0 Å². The molecule has 1 saturated heterocycles. The van der Waals surface area contributed by atoms with Crippen molar-refractivity contribution in [1.29, 1.82) is 0 Å². The summed E-state index contributed by atoms with van der Waals surface area (Å²) in [6, 6.07) is 3.61. The van der Waals surface area contributed by atoms with Gasteiger partial charge in [-0.2, -0.15) is 0 Å². The molecule has 1 aromatic heterocycles. The predicted molar refractivity (Wildman–Crippen MR) is 63.9 cm³/mol. The highest BCUT2D eigenvalue weighted by Crippen LogP contribution is 2.13. The van der Waals surface area contributed by atoms with Crippen LogP contribution in [-0.4, -0.2) is 23.8 Å². The molecule has 16 heavy (non-hydrogen) atoms. The third kappa shape index (κ3) is 2.44. The molecule has 0 radical (unpaired) electrons. The van der Waals surface area contributed by atoms with Gasteiger partial charge in [-0.05, 0) is 25.8 Å². The van der Waals surface area contributed by atoms with Crippen molar-refractivity contribution in [2.24, 2.45) is 7.05 Å². The van der Waals surface area contributed by atoms with Crippen LogP contribution in [0.1, 0.15) is 18.5 Å². The molecule has 1 aromatic rings. The van der Waals surface area contributed by atoms with Crippen LogP contribution in [0.2, 0.25) is 0 Å². The van der Waals surface area contributed by atoms with E-state index in [-0.39, 0.29) is 5.56 Å². The first-order valence-corrected chi connectivity index (χ1v) is 5.70. The Bertz CT molecular complexity index is 420. The van der Waals surface area contributed by atoms with E-state index in [1.54, 1.807) is 17.7 Å². The first-order chi connectivity index (χ1) is 7.66. The lowest BCUT2D eigenvalue weighted by molar-refractivity contribution is 0.120. The number of aryl methyl sites for hydroxylation is 1. The molecule has 1 N–H and O–H groups in total. The number of aromatic nitrogens is 1. The number of nitrogens with one attached hydrogen (secondary N) is 1. The predicted octanol–water partition coefficient (Wildman–Crippen LogP) is 1.28. The molecule has 0 aliphatic carbocycles. The van der Waals surface area contributed by atoms with Crippen LogP contribution in [0.25, 0.3) is 0 Å². The molecular weight excluding hydrogens is 204 g/mol. The Morgan fingerprint density at radius 3 is 3.00 bits per heavy atom. The number of hydrogen-bond acceptors (Lipinski definition) is 3. The van der Waals surface area contributed by atoms with Crippen LogP contribution >= 0.6 is 0 Å². The Balaban J connectivity index is 2.01. The summed E-state index contributed by atoms with van der Waals surface area (Å²) in [7, 11) is 1.78. The Kier molecular flexibility index (Phi) is 3.29. The monoisotopic (exact) mass is 222 g/mol. The number of ether oxygens (including phenoxy) is 1. The molecular formula is C12H18N2O2. The van der Waals surface area contributed by atoms with Crippen molar-refractivity contribution in [3.8, 4) is 0 Å². The van der Waals surface area contributed by atoms with Gasteiger partial charge in [0.1, 0.15) is 0 Å². The first-order valence-electron chi connectivity index (χ1n) is 5.70. The van der Waals surface area contributed by atoms with Gasteiger partial charge in [-0.15, -0.1) is 0 Å². The average molecular weight is 222 g/mol. The molecule has 0 amide bonds. The van der Waals surface area contributed by atoms with Crippen molar-refractivity contribution in [1.82, 2.24) is 4.57 Å². The molecule has 2 heterocycles. The van der Waals surface area contributed by atoms with Crippen molar-refractivity contribution < 1.29 is 4.74 Å². The zero-order chi connectivity index (χ0) is 11.5. The average Bonchev–Trinajstić information content (AvgIpc) is 2.75. The molecule has 0 aromatic carbocycles. The molecule has 88 valence electrons. The molecule has 0 spiro atoms.